The van der Waals surface area contributed by atoms with Gasteiger partial charge >= 0.3 is 0 Å². The van der Waals surface area contributed by atoms with E-state index in [1.54, 1.807) is 18.2 Å². The van der Waals surface area contributed by atoms with Crippen molar-refractivity contribution in [2.45, 2.75) is 0 Å². The first-order chi connectivity index (χ1) is 10.0. The predicted octanol–water partition coefficient (Wildman–Crippen LogP) is 6.36. The minimum atomic E-state index is -0.0417. The van der Waals surface area contributed by atoms with E-state index in [4.69, 9.17) is 23.2 Å². The molecule has 2 N–H and O–H groups in total. The van der Waals surface area contributed by atoms with E-state index in [9.17, 15) is 5.11 Å². The summed E-state index contributed by atoms with van der Waals surface area (Å²) in [4.78, 5) is 2.84. The SMILES string of the molecule is Oc1[nH]c2ccc(Br)cc2c1N=Nc1cc(Cl)cc(Cl)c1. The van der Waals surface area contributed by atoms with Gasteiger partial charge in [-0.2, -0.15) is 5.11 Å². The van der Waals surface area contributed by atoms with Crippen LogP contribution in [-0.2, 0) is 0 Å². The second-order valence-corrected chi connectivity index (χ2v) is 6.13. The molecule has 0 spiro atoms. The molecule has 1 aromatic heterocycles. The number of hydrogen-bond acceptors (Lipinski definition) is 3. The first-order valence-corrected chi connectivity index (χ1v) is 7.46. The number of halogens is 3. The van der Waals surface area contributed by atoms with Gasteiger partial charge in [0.05, 0.1) is 11.2 Å². The average Bonchev–Trinajstić information content (AvgIpc) is 2.70. The number of aromatic amines is 1. The first-order valence-electron chi connectivity index (χ1n) is 5.91. The number of aromatic hydroxyl groups is 1. The van der Waals surface area contributed by atoms with Crippen LogP contribution in [0.15, 0.2) is 51.1 Å². The Balaban J connectivity index is 2.06. The molecule has 1 heterocycles. The standard InChI is InChI=1S/C14H8BrCl2N3O/c15-7-1-2-12-11(3-7)13(14(21)18-12)20-19-10-5-8(16)4-9(17)6-10/h1-6,18,21H. The van der Waals surface area contributed by atoms with Crippen molar-refractivity contribution in [1.29, 1.82) is 0 Å². The summed E-state index contributed by atoms with van der Waals surface area (Å²) < 4.78 is 0.885. The van der Waals surface area contributed by atoms with Gasteiger partial charge in [-0.1, -0.05) is 39.1 Å². The molecule has 0 radical (unpaired) electrons. The fourth-order valence-corrected chi connectivity index (χ4v) is 2.82. The lowest BCUT2D eigenvalue weighted by Gasteiger charge is -1.96. The molecule has 2 aromatic carbocycles. The Morgan fingerprint density at radius 1 is 1.00 bits per heavy atom. The zero-order valence-corrected chi connectivity index (χ0v) is 13.5. The topological polar surface area (TPSA) is 60.7 Å². The van der Waals surface area contributed by atoms with Crippen molar-refractivity contribution >= 4 is 61.4 Å². The van der Waals surface area contributed by atoms with Crippen LogP contribution in [0.1, 0.15) is 0 Å². The van der Waals surface area contributed by atoms with Gasteiger partial charge < -0.3 is 10.1 Å². The summed E-state index contributed by atoms with van der Waals surface area (Å²) in [6.45, 7) is 0. The minimum absolute atomic E-state index is 0.0417. The van der Waals surface area contributed by atoms with E-state index in [2.05, 4.69) is 31.1 Å². The molecule has 7 heteroatoms. The number of aromatic nitrogens is 1. The molecule has 0 saturated heterocycles. The third kappa shape index (κ3) is 3.05. The molecule has 3 rings (SSSR count). The minimum Gasteiger partial charge on any atom is -0.493 e. The van der Waals surface area contributed by atoms with E-state index in [0.29, 0.717) is 21.4 Å². The van der Waals surface area contributed by atoms with Crippen molar-refractivity contribution in [3.05, 3.63) is 50.9 Å². The molecule has 21 heavy (non-hydrogen) atoms. The Labute approximate surface area is 138 Å². The number of nitrogens with zero attached hydrogens (tertiary/aromatic N) is 2. The number of benzene rings is 2. The number of nitrogens with one attached hydrogen (secondary N) is 1. The van der Waals surface area contributed by atoms with Gasteiger partial charge in [-0.05, 0) is 36.4 Å². The zero-order valence-electron chi connectivity index (χ0n) is 10.4. The number of fused-ring (bicyclic) bond motifs is 1. The van der Waals surface area contributed by atoms with Crippen molar-refractivity contribution in [2.75, 3.05) is 0 Å². The molecular weight excluding hydrogens is 377 g/mol. The van der Waals surface area contributed by atoms with Crippen LogP contribution in [0.25, 0.3) is 10.9 Å². The number of azo groups is 1. The van der Waals surface area contributed by atoms with Crippen molar-refractivity contribution in [1.82, 2.24) is 4.98 Å². The van der Waals surface area contributed by atoms with Gasteiger partial charge in [-0.15, -0.1) is 5.11 Å². The van der Waals surface area contributed by atoms with E-state index in [1.807, 2.05) is 18.2 Å². The third-order valence-electron chi connectivity index (χ3n) is 2.83. The Morgan fingerprint density at radius 2 is 1.71 bits per heavy atom. The second kappa shape index (κ2) is 5.67. The maximum Gasteiger partial charge on any atom is 0.218 e. The Kier molecular flexibility index (Phi) is 3.89. The third-order valence-corrected chi connectivity index (χ3v) is 3.76. The molecule has 4 nitrogen and oxygen atoms in total. The van der Waals surface area contributed by atoms with Crippen LogP contribution < -0.4 is 0 Å². The van der Waals surface area contributed by atoms with Crippen LogP contribution in [0, 0.1) is 0 Å². The van der Waals surface area contributed by atoms with Crippen LogP contribution in [-0.4, -0.2) is 10.1 Å². The van der Waals surface area contributed by atoms with E-state index >= 15 is 0 Å². The summed E-state index contributed by atoms with van der Waals surface area (Å²) in [7, 11) is 0. The van der Waals surface area contributed by atoms with Gasteiger partial charge in [-0.25, -0.2) is 0 Å². The molecule has 0 aliphatic heterocycles. The highest BCUT2D eigenvalue weighted by molar-refractivity contribution is 9.10. The predicted molar refractivity (Wildman–Crippen MR) is 88.3 cm³/mol. The maximum atomic E-state index is 9.94. The quantitative estimate of drug-likeness (QED) is 0.496. The monoisotopic (exact) mass is 383 g/mol. The molecule has 0 amide bonds. The highest BCUT2D eigenvalue weighted by Gasteiger charge is 2.10. The zero-order chi connectivity index (χ0) is 15.0. The molecule has 3 aromatic rings. The van der Waals surface area contributed by atoms with Crippen molar-refractivity contribution in [3.8, 4) is 5.88 Å². The van der Waals surface area contributed by atoms with Crippen LogP contribution in [0.5, 0.6) is 5.88 Å². The largest absolute Gasteiger partial charge is 0.493 e. The molecule has 0 aliphatic rings. The Morgan fingerprint density at radius 3 is 2.43 bits per heavy atom. The summed E-state index contributed by atoms with van der Waals surface area (Å²) >= 11 is 15.2. The fourth-order valence-electron chi connectivity index (χ4n) is 1.94. The van der Waals surface area contributed by atoms with E-state index in [1.165, 1.54) is 0 Å². The summed E-state index contributed by atoms with van der Waals surface area (Å²) in [5, 5.41) is 19.8. The van der Waals surface area contributed by atoms with Gasteiger partial charge in [0, 0.05) is 19.9 Å². The summed E-state index contributed by atoms with van der Waals surface area (Å²) in [5.41, 5.74) is 1.65. The highest BCUT2D eigenvalue weighted by atomic mass is 79.9. The second-order valence-electron chi connectivity index (χ2n) is 4.34. The van der Waals surface area contributed by atoms with Gasteiger partial charge in [0.25, 0.3) is 0 Å². The molecule has 0 atom stereocenters. The van der Waals surface area contributed by atoms with Crippen LogP contribution in [0.3, 0.4) is 0 Å². The molecule has 0 saturated carbocycles. The van der Waals surface area contributed by atoms with Crippen molar-refractivity contribution in [2.24, 2.45) is 10.2 Å². The highest BCUT2D eigenvalue weighted by Crippen LogP contribution is 2.38. The van der Waals surface area contributed by atoms with Crippen LogP contribution in [0.2, 0.25) is 10.0 Å². The van der Waals surface area contributed by atoms with Gasteiger partial charge in [0.15, 0.2) is 5.69 Å². The summed E-state index contributed by atoms with van der Waals surface area (Å²) in [6.07, 6.45) is 0. The summed E-state index contributed by atoms with van der Waals surface area (Å²) in [5.74, 6) is -0.0417. The lowest BCUT2D eigenvalue weighted by molar-refractivity contribution is 0.459. The number of H-pyrrole nitrogens is 1. The lowest BCUT2D eigenvalue weighted by Crippen LogP contribution is -1.69. The Hall–Kier alpha value is -1.56. The molecule has 0 unspecified atom stereocenters. The molecular formula is C14H8BrCl2N3O. The molecule has 0 bridgehead atoms. The lowest BCUT2D eigenvalue weighted by atomic mass is 10.2. The molecule has 106 valence electrons. The smallest absolute Gasteiger partial charge is 0.218 e. The summed E-state index contributed by atoms with van der Waals surface area (Å²) in [6, 6.07) is 10.5. The molecule has 0 aliphatic carbocycles. The van der Waals surface area contributed by atoms with E-state index in [-0.39, 0.29) is 5.88 Å². The maximum absolute atomic E-state index is 9.94. The van der Waals surface area contributed by atoms with Crippen molar-refractivity contribution in [3.63, 3.8) is 0 Å². The fraction of sp³-hybridized carbons (Fsp3) is 0. The van der Waals surface area contributed by atoms with E-state index < -0.39 is 0 Å². The van der Waals surface area contributed by atoms with Gasteiger partial charge in [0.2, 0.25) is 5.88 Å². The van der Waals surface area contributed by atoms with E-state index in [0.717, 1.165) is 15.4 Å². The normalized spacial score (nSPS) is 11.6. The van der Waals surface area contributed by atoms with Crippen LogP contribution in [0.4, 0.5) is 11.4 Å². The van der Waals surface area contributed by atoms with Crippen LogP contribution >= 0.6 is 39.1 Å². The van der Waals surface area contributed by atoms with Crippen molar-refractivity contribution < 1.29 is 5.11 Å². The molecule has 0 fully saturated rings. The van der Waals surface area contributed by atoms with Gasteiger partial charge in [0.1, 0.15) is 0 Å². The number of hydrogen-bond donors (Lipinski definition) is 2. The number of rotatable bonds is 2. The first kappa shape index (κ1) is 14.4. The Bertz CT molecular complexity index is 841. The average molecular weight is 385 g/mol. The van der Waals surface area contributed by atoms with Gasteiger partial charge in [-0.3, -0.25) is 0 Å².